The first-order valence-electron chi connectivity index (χ1n) is 4.47. The van der Waals surface area contributed by atoms with Gasteiger partial charge in [0.15, 0.2) is 0 Å². The van der Waals surface area contributed by atoms with E-state index in [0.29, 0.717) is 0 Å². The van der Waals surface area contributed by atoms with E-state index in [2.05, 4.69) is 9.37 Å². The molecule has 102 valence electrons. The van der Waals surface area contributed by atoms with Gasteiger partial charge in [0.25, 0.3) is 0 Å². The maximum absolute atomic E-state index is 13.1. The van der Waals surface area contributed by atoms with Crippen LogP contribution < -0.4 is 0 Å². The summed E-state index contributed by atoms with van der Waals surface area (Å²) in [5.74, 6) is -1.44. The largest absolute Gasteiger partial charge is 0.379 e. The van der Waals surface area contributed by atoms with Gasteiger partial charge in [0.05, 0.1) is 13.2 Å². The Labute approximate surface area is 101 Å². The van der Waals surface area contributed by atoms with Crippen LogP contribution in [-0.2, 0) is 24.1 Å². The Morgan fingerprint density at radius 1 is 1.41 bits per heavy atom. The number of alkyl halides is 2. The van der Waals surface area contributed by atoms with Crippen LogP contribution >= 0.6 is 12.0 Å². The molecule has 0 aromatic heterocycles. The van der Waals surface area contributed by atoms with E-state index in [1.807, 2.05) is 0 Å². The molecule has 7 nitrogen and oxygen atoms in total. The highest BCUT2D eigenvalue weighted by atomic mass is 32.2. The first-order chi connectivity index (χ1) is 7.87. The fourth-order valence-corrected chi connectivity index (χ4v) is 3.30. The second kappa shape index (κ2) is 6.22. The number of sulfonamides is 1. The highest BCUT2D eigenvalue weighted by molar-refractivity contribution is 7.97. The molecule has 11 heteroatoms. The van der Waals surface area contributed by atoms with E-state index in [1.165, 1.54) is 0 Å². The van der Waals surface area contributed by atoms with Gasteiger partial charge in [0, 0.05) is 13.1 Å². The molecular formula is C6H11F2NO6S2. The molecule has 0 saturated carbocycles. The minimum Gasteiger partial charge on any atom is -0.379 e. The molecule has 0 radical (unpaired) electrons. The van der Waals surface area contributed by atoms with Crippen molar-refractivity contribution < 1.29 is 36.6 Å². The highest BCUT2D eigenvalue weighted by Gasteiger charge is 2.41. The predicted molar refractivity (Wildman–Crippen MR) is 53.5 cm³/mol. The van der Waals surface area contributed by atoms with E-state index in [9.17, 15) is 17.2 Å². The lowest BCUT2D eigenvalue weighted by atomic mass is 10.5. The monoisotopic (exact) mass is 295 g/mol. The zero-order valence-corrected chi connectivity index (χ0v) is 10.2. The van der Waals surface area contributed by atoms with E-state index in [4.69, 9.17) is 9.99 Å². The third-order valence-corrected chi connectivity index (χ3v) is 4.48. The average Bonchev–Trinajstić information content (AvgIpc) is 2.26. The summed E-state index contributed by atoms with van der Waals surface area (Å²) >= 11 is -0.573. The van der Waals surface area contributed by atoms with E-state index in [-0.39, 0.29) is 26.3 Å². The van der Waals surface area contributed by atoms with Crippen LogP contribution in [0, 0.1) is 0 Å². The number of ether oxygens (including phenoxy) is 1. The van der Waals surface area contributed by atoms with Crippen molar-refractivity contribution in [1.82, 2.24) is 4.31 Å². The molecule has 0 aliphatic carbocycles. The van der Waals surface area contributed by atoms with Crippen molar-refractivity contribution in [2.45, 2.75) is 5.25 Å². The van der Waals surface area contributed by atoms with Gasteiger partial charge in [-0.05, 0) is 0 Å². The summed E-state index contributed by atoms with van der Waals surface area (Å²) in [5, 5.41) is 6.99. The van der Waals surface area contributed by atoms with Crippen LogP contribution in [-0.4, -0.2) is 55.3 Å². The summed E-state index contributed by atoms with van der Waals surface area (Å²) in [4.78, 5) is 0. The van der Waals surface area contributed by atoms with Gasteiger partial charge in [0.2, 0.25) is 10.0 Å². The van der Waals surface area contributed by atoms with E-state index < -0.39 is 33.1 Å². The first kappa shape index (κ1) is 15.0. The number of morpholine rings is 1. The van der Waals surface area contributed by atoms with Gasteiger partial charge in [-0.25, -0.2) is 13.7 Å². The molecule has 0 aromatic carbocycles. The van der Waals surface area contributed by atoms with E-state index in [1.54, 1.807) is 0 Å². The number of rotatable bonds is 6. The van der Waals surface area contributed by atoms with Crippen molar-refractivity contribution in [3.05, 3.63) is 0 Å². The van der Waals surface area contributed by atoms with Crippen LogP contribution in [0.1, 0.15) is 0 Å². The van der Waals surface area contributed by atoms with Gasteiger partial charge in [-0.1, -0.05) is 5.04 Å². The second-order valence-corrected chi connectivity index (χ2v) is 6.00. The lowest BCUT2D eigenvalue weighted by molar-refractivity contribution is -0.433. The maximum Gasteiger partial charge on any atom is 0.336 e. The molecular weight excluding hydrogens is 284 g/mol. The third kappa shape index (κ3) is 4.99. The lowest BCUT2D eigenvalue weighted by Crippen LogP contribution is -2.44. The highest BCUT2D eigenvalue weighted by Crippen LogP contribution is 2.32. The molecule has 0 atom stereocenters. The molecule has 1 aliphatic heterocycles. The second-order valence-electron chi connectivity index (χ2n) is 3.13. The summed E-state index contributed by atoms with van der Waals surface area (Å²) in [6, 6.07) is 0. The van der Waals surface area contributed by atoms with Crippen molar-refractivity contribution in [3.63, 3.8) is 0 Å². The first-order valence-corrected chi connectivity index (χ1v) is 6.82. The molecule has 1 heterocycles. The predicted octanol–water partition coefficient (Wildman–Crippen LogP) is 0.311. The van der Waals surface area contributed by atoms with Crippen LogP contribution in [0.25, 0.3) is 0 Å². The van der Waals surface area contributed by atoms with Gasteiger partial charge in [-0.3, -0.25) is 0 Å². The third-order valence-electron chi connectivity index (χ3n) is 1.90. The van der Waals surface area contributed by atoms with Crippen molar-refractivity contribution in [1.29, 1.82) is 0 Å². The molecule has 0 bridgehead atoms. The SMILES string of the molecule is O=S(=O)(CC(F)(F)SOOO)N1CCOCC1. The van der Waals surface area contributed by atoms with Gasteiger partial charge >= 0.3 is 5.25 Å². The molecule has 0 aromatic rings. The van der Waals surface area contributed by atoms with Crippen molar-refractivity contribution in [2.24, 2.45) is 0 Å². The fraction of sp³-hybridized carbons (Fsp3) is 1.00. The van der Waals surface area contributed by atoms with E-state index in [0.717, 1.165) is 4.31 Å². The summed E-state index contributed by atoms with van der Waals surface area (Å²) in [5.41, 5.74) is 0. The minimum atomic E-state index is -4.11. The van der Waals surface area contributed by atoms with Crippen LogP contribution in [0.2, 0.25) is 0 Å². The van der Waals surface area contributed by atoms with Crippen molar-refractivity contribution in [3.8, 4) is 0 Å². The number of hydrogen-bond donors (Lipinski definition) is 1. The maximum atomic E-state index is 13.1. The average molecular weight is 295 g/mol. The van der Waals surface area contributed by atoms with Crippen LogP contribution in [0.5, 0.6) is 0 Å². The summed E-state index contributed by atoms with van der Waals surface area (Å²) in [7, 11) is -4.11. The van der Waals surface area contributed by atoms with Gasteiger partial charge < -0.3 is 4.74 Å². The Kier molecular flexibility index (Phi) is 5.50. The number of halogens is 2. The lowest BCUT2D eigenvalue weighted by Gasteiger charge is -2.27. The molecule has 17 heavy (non-hydrogen) atoms. The Balaban J connectivity index is 2.58. The molecule has 1 fully saturated rings. The Morgan fingerprint density at radius 2 is 2.00 bits per heavy atom. The van der Waals surface area contributed by atoms with Gasteiger partial charge in [-0.15, -0.1) is 4.33 Å². The Hall–Kier alpha value is -0.0400. The van der Waals surface area contributed by atoms with Crippen molar-refractivity contribution in [2.75, 3.05) is 32.1 Å². The molecule has 1 aliphatic rings. The topological polar surface area (TPSA) is 85.3 Å². The zero-order valence-electron chi connectivity index (χ0n) is 8.54. The standard InChI is InChI=1S/C6H11F2NO6S2/c7-6(8,16-15-14-10)5-17(11,12)9-1-3-13-4-2-9/h10H,1-5H2. The quantitative estimate of drug-likeness (QED) is 0.429. The smallest absolute Gasteiger partial charge is 0.336 e. The van der Waals surface area contributed by atoms with Gasteiger partial charge in [0.1, 0.15) is 17.8 Å². The van der Waals surface area contributed by atoms with Gasteiger partial charge in [-0.2, -0.15) is 13.1 Å². The number of hydrogen-bond acceptors (Lipinski definition) is 7. The summed E-state index contributed by atoms with van der Waals surface area (Å²) < 4.78 is 58.7. The van der Waals surface area contributed by atoms with Crippen LogP contribution in [0.15, 0.2) is 0 Å². The Morgan fingerprint density at radius 3 is 2.53 bits per heavy atom. The molecule has 0 spiro atoms. The zero-order chi connectivity index (χ0) is 12.9. The summed E-state index contributed by atoms with van der Waals surface area (Å²) in [6.45, 7) is 0.434. The molecule has 1 saturated heterocycles. The molecule has 0 amide bonds. The fourth-order valence-electron chi connectivity index (χ4n) is 1.22. The van der Waals surface area contributed by atoms with Crippen LogP contribution in [0.4, 0.5) is 8.78 Å². The normalized spacial score (nSPS) is 19.5. The molecule has 1 rings (SSSR count). The summed E-state index contributed by atoms with van der Waals surface area (Å²) in [6.07, 6.45) is 0. The Bertz CT molecular complexity index is 331. The minimum absolute atomic E-state index is 0.0421. The van der Waals surface area contributed by atoms with E-state index >= 15 is 0 Å². The van der Waals surface area contributed by atoms with Crippen LogP contribution in [0.3, 0.4) is 0 Å². The molecule has 0 unspecified atom stereocenters. The number of nitrogens with zero attached hydrogens (tertiary/aromatic N) is 1. The van der Waals surface area contributed by atoms with Crippen molar-refractivity contribution >= 4 is 22.1 Å². The molecule has 1 N–H and O–H groups in total.